The maximum Gasteiger partial charge on any atom is 0.197 e. The Morgan fingerprint density at radius 3 is 2.59 bits per heavy atom. The van der Waals surface area contributed by atoms with E-state index in [1.54, 1.807) is 0 Å². The molecule has 0 amide bonds. The van der Waals surface area contributed by atoms with Crippen LogP contribution >= 0.6 is 0 Å². The third-order valence-corrected chi connectivity index (χ3v) is 5.44. The number of phenols is 2. The summed E-state index contributed by atoms with van der Waals surface area (Å²) in [6.45, 7) is 0.673. The highest BCUT2D eigenvalue weighted by atomic mass is 16.3. The third kappa shape index (κ3) is 2.87. The predicted molar refractivity (Wildman–Crippen MR) is 102 cm³/mol. The molecule has 1 fully saturated rings. The molecule has 4 rings (SSSR count). The van der Waals surface area contributed by atoms with E-state index >= 15 is 0 Å². The largest absolute Gasteiger partial charge is 0.507 e. The van der Waals surface area contributed by atoms with E-state index in [-0.39, 0.29) is 46.5 Å². The monoisotopic (exact) mass is 367 g/mol. The molecule has 0 spiro atoms. The second-order valence-electron chi connectivity index (χ2n) is 7.00. The van der Waals surface area contributed by atoms with Crippen molar-refractivity contribution in [3.8, 4) is 22.8 Å². The van der Waals surface area contributed by atoms with Crippen LogP contribution in [-0.4, -0.2) is 46.5 Å². The maximum absolute atomic E-state index is 12.7. The van der Waals surface area contributed by atoms with Crippen molar-refractivity contribution in [2.24, 2.45) is 0 Å². The summed E-state index contributed by atoms with van der Waals surface area (Å²) in [7, 11) is 1.91. The average Bonchev–Trinajstić information content (AvgIpc) is 3.02. The standard InChI is InChI=1S/C21H21NO5/c1-22-8-7-13(14(22)11-23)19-15(24)9-16(25)20-17(26)10-18(27-21(19)20)12-5-3-2-4-6-12/h2-6,9-10,13-14,23-25H,7-8,11H2,1H3/t13-,14+/m0/s1. The van der Waals surface area contributed by atoms with Crippen LogP contribution in [0, 0.1) is 0 Å². The van der Waals surface area contributed by atoms with Gasteiger partial charge in [-0.3, -0.25) is 4.79 Å². The first-order chi connectivity index (χ1) is 13.0. The summed E-state index contributed by atoms with van der Waals surface area (Å²) in [4.78, 5) is 14.7. The van der Waals surface area contributed by atoms with Crippen molar-refractivity contribution in [1.29, 1.82) is 0 Å². The molecule has 0 aliphatic carbocycles. The molecule has 2 heterocycles. The SMILES string of the molecule is CN1CC[C@H](c2c(O)cc(O)c3c(=O)cc(-c4ccccc4)oc23)[C@H]1CO. The lowest BCUT2D eigenvalue weighted by Crippen LogP contribution is -2.32. The molecular weight excluding hydrogens is 346 g/mol. The summed E-state index contributed by atoms with van der Waals surface area (Å²) in [6, 6.07) is 11.5. The number of rotatable bonds is 3. The molecule has 6 heteroatoms. The van der Waals surface area contributed by atoms with Crippen molar-refractivity contribution in [2.75, 3.05) is 20.2 Å². The van der Waals surface area contributed by atoms with Gasteiger partial charge >= 0.3 is 0 Å². The quantitative estimate of drug-likeness (QED) is 0.659. The smallest absolute Gasteiger partial charge is 0.197 e. The van der Waals surface area contributed by atoms with Gasteiger partial charge in [0, 0.05) is 35.2 Å². The molecule has 3 aromatic rings. The van der Waals surface area contributed by atoms with Gasteiger partial charge in [0.1, 0.15) is 28.2 Å². The molecule has 0 unspecified atom stereocenters. The number of hydrogen-bond donors (Lipinski definition) is 3. The van der Waals surface area contributed by atoms with Crippen LogP contribution in [0.25, 0.3) is 22.3 Å². The van der Waals surface area contributed by atoms with Crippen LogP contribution in [-0.2, 0) is 0 Å². The average molecular weight is 367 g/mol. The molecule has 1 aliphatic rings. The van der Waals surface area contributed by atoms with Gasteiger partial charge in [0.15, 0.2) is 5.43 Å². The van der Waals surface area contributed by atoms with Gasteiger partial charge in [0.25, 0.3) is 0 Å². The van der Waals surface area contributed by atoms with Crippen LogP contribution in [0.4, 0.5) is 0 Å². The first-order valence-corrected chi connectivity index (χ1v) is 8.90. The zero-order chi connectivity index (χ0) is 19.1. The van der Waals surface area contributed by atoms with Crippen molar-refractivity contribution in [3.05, 3.63) is 58.3 Å². The third-order valence-electron chi connectivity index (χ3n) is 5.44. The van der Waals surface area contributed by atoms with Crippen LogP contribution < -0.4 is 5.43 Å². The van der Waals surface area contributed by atoms with E-state index in [1.165, 1.54) is 12.1 Å². The molecule has 0 bridgehead atoms. The number of hydrogen-bond acceptors (Lipinski definition) is 6. The van der Waals surface area contributed by atoms with Crippen molar-refractivity contribution in [3.63, 3.8) is 0 Å². The number of phenolic OH excluding ortho intramolecular Hbond substituents is 2. The minimum atomic E-state index is -0.374. The highest BCUT2D eigenvalue weighted by Crippen LogP contribution is 2.44. The Kier molecular flexibility index (Phi) is 4.37. The normalized spacial score (nSPS) is 20.4. The van der Waals surface area contributed by atoms with E-state index in [9.17, 15) is 20.1 Å². The second-order valence-corrected chi connectivity index (χ2v) is 7.00. The fourth-order valence-electron chi connectivity index (χ4n) is 4.04. The summed E-state index contributed by atoms with van der Waals surface area (Å²) in [6.07, 6.45) is 0.703. The summed E-state index contributed by atoms with van der Waals surface area (Å²) in [5, 5.41) is 30.7. The van der Waals surface area contributed by atoms with Gasteiger partial charge in [-0.1, -0.05) is 30.3 Å². The number of aliphatic hydroxyl groups is 1. The lowest BCUT2D eigenvalue weighted by atomic mass is 9.89. The highest BCUT2D eigenvalue weighted by molar-refractivity contribution is 5.89. The second kappa shape index (κ2) is 6.72. The summed E-state index contributed by atoms with van der Waals surface area (Å²) >= 11 is 0. The Morgan fingerprint density at radius 2 is 1.89 bits per heavy atom. The highest BCUT2D eigenvalue weighted by Gasteiger charge is 2.36. The predicted octanol–water partition coefficient (Wildman–Crippen LogP) is 2.65. The van der Waals surface area contributed by atoms with E-state index in [4.69, 9.17) is 4.42 Å². The first kappa shape index (κ1) is 17.6. The Bertz CT molecular complexity index is 1040. The molecule has 3 N–H and O–H groups in total. The van der Waals surface area contributed by atoms with Crippen molar-refractivity contribution in [2.45, 2.75) is 18.4 Å². The number of fused-ring (bicyclic) bond motifs is 1. The van der Waals surface area contributed by atoms with Gasteiger partial charge < -0.3 is 24.6 Å². The van der Waals surface area contributed by atoms with Crippen molar-refractivity contribution < 1.29 is 19.7 Å². The Labute approximate surface area is 155 Å². The zero-order valence-corrected chi connectivity index (χ0v) is 14.9. The number of benzene rings is 2. The summed E-state index contributed by atoms with van der Waals surface area (Å²) in [5.41, 5.74) is 0.993. The number of likely N-dealkylation sites (N-methyl/N-ethyl adjacent to an activating group) is 1. The molecule has 2 atom stereocenters. The van der Waals surface area contributed by atoms with Gasteiger partial charge in [-0.05, 0) is 20.0 Å². The Balaban J connectivity index is 2.01. The van der Waals surface area contributed by atoms with E-state index in [2.05, 4.69) is 0 Å². The number of aliphatic hydroxyl groups excluding tert-OH is 1. The molecule has 140 valence electrons. The van der Waals surface area contributed by atoms with E-state index in [1.807, 2.05) is 42.3 Å². The number of likely N-dealkylation sites (tertiary alicyclic amines) is 1. The molecule has 0 radical (unpaired) electrons. The van der Waals surface area contributed by atoms with Crippen LogP contribution in [0.3, 0.4) is 0 Å². The lowest BCUT2D eigenvalue weighted by molar-refractivity contribution is 0.172. The van der Waals surface area contributed by atoms with Gasteiger partial charge in [-0.2, -0.15) is 0 Å². The fraction of sp³-hybridized carbons (Fsp3) is 0.286. The molecule has 0 saturated carbocycles. The number of nitrogens with zero attached hydrogens (tertiary/aromatic N) is 1. The molecule has 1 aliphatic heterocycles. The zero-order valence-electron chi connectivity index (χ0n) is 14.9. The molecule has 2 aromatic carbocycles. The van der Waals surface area contributed by atoms with Gasteiger partial charge in [-0.15, -0.1) is 0 Å². The van der Waals surface area contributed by atoms with Crippen molar-refractivity contribution >= 4 is 11.0 Å². The lowest BCUT2D eigenvalue weighted by Gasteiger charge is -2.24. The minimum Gasteiger partial charge on any atom is -0.507 e. The molecule has 6 nitrogen and oxygen atoms in total. The topological polar surface area (TPSA) is 94.1 Å². The summed E-state index contributed by atoms with van der Waals surface area (Å²) in [5.74, 6) is -0.290. The van der Waals surface area contributed by atoms with Gasteiger partial charge in [0.05, 0.1) is 6.61 Å². The van der Waals surface area contributed by atoms with E-state index in [0.717, 1.165) is 12.1 Å². The molecule has 27 heavy (non-hydrogen) atoms. The fourth-order valence-corrected chi connectivity index (χ4v) is 4.04. The number of aromatic hydroxyl groups is 2. The van der Waals surface area contributed by atoms with Gasteiger partial charge in [-0.25, -0.2) is 0 Å². The maximum atomic E-state index is 12.7. The minimum absolute atomic E-state index is 0.0497. The van der Waals surface area contributed by atoms with Crippen LogP contribution in [0.2, 0.25) is 0 Å². The van der Waals surface area contributed by atoms with Crippen LogP contribution in [0.5, 0.6) is 11.5 Å². The van der Waals surface area contributed by atoms with E-state index in [0.29, 0.717) is 17.7 Å². The van der Waals surface area contributed by atoms with Crippen LogP contribution in [0.15, 0.2) is 51.7 Å². The Hall–Kier alpha value is -2.83. The molecule has 1 saturated heterocycles. The molecular formula is C21H21NO5. The van der Waals surface area contributed by atoms with E-state index < -0.39 is 0 Å². The Morgan fingerprint density at radius 1 is 1.15 bits per heavy atom. The molecule has 1 aromatic heterocycles. The van der Waals surface area contributed by atoms with Crippen LogP contribution in [0.1, 0.15) is 17.9 Å². The van der Waals surface area contributed by atoms with Crippen molar-refractivity contribution in [1.82, 2.24) is 4.90 Å². The summed E-state index contributed by atoms with van der Waals surface area (Å²) < 4.78 is 6.04. The first-order valence-electron chi connectivity index (χ1n) is 8.90. The van der Waals surface area contributed by atoms with Gasteiger partial charge in [0.2, 0.25) is 0 Å².